The zero-order chi connectivity index (χ0) is 12.3. The summed E-state index contributed by atoms with van der Waals surface area (Å²) in [6, 6.07) is 5.87. The summed E-state index contributed by atoms with van der Waals surface area (Å²) >= 11 is 4.96. The van der Waals surface area contributed by atoms with Gasteiger partial charge in [-0.1, -0.05) is 24.7 Å². The molecule has 0 unspecified atom stereocenters. The van der Waals surface area contributed by atoms with Crippen LogP contribution in [-0.4, -0.2) is 23.1 Å². The van der Waals surface area contributed by atoms with E-state index in [2.05, 4.69) is 16.8 Å². The Labute approximate surface area is 108 Å². The molecule has 0 spiro atoms. The van der Waals surface area contributed by atoms with Crippen LogP contribution < -0.4 is 10.6 Å². The van der Waals surface area contributed by atoms with E-state index in [1.54, 1.807) is 0 Å². The maximum absolute atomic E-state index is 5.61. The van der Waals surface area contributed by atoms with Gasteiger partial charge in [-0.15, -0.1) is 0 Å². The fourth-order valence-corrected chi connectivity index (χ4v) is 2.22. The first kappa shape index (κ1) is 12.3. The van der Waals surface area contributed by atoms with Crippen molar-refractivity contribution in [1.29, 1.82) is 0 Å². The highest BCUT2D eigenvalue weighted by molar-refractivity contribution is 7.80. The maximum Gasteiger partial charge on any atom is 0.129 e. The molecule has 3 nitrogen and oxygen atoms in total. The second-order valence-electron chi connectivity index (χ2n) is 4.58. The number of nitrogens with two attached hydrogens (primary N) is 1. The van der Waals surface area contributed by atoms with Gasteiger partial charge in [0.2, 0.25) is 0 Å². The lowest BCUT2D eigenvalue weighted by Gasteiger charge is -2.32. The summed E-state index contributed by atoms with van der Waals surface area (Å²) in [7, 11) is 0. The van der Waals surface area contributed by atoms with Gasteiger partial charge < -0.3 is 10.6 Å². The molecule has 2 rings (SSSR count). The highest BCUT2D eigenvalue weighted by Crippen LogP contribution is 2.28. The van der Waals surface area contributed by atoms with Crippen molar-refractivity contribution in [3.63, 3.8) is 0 Å². The third-order valence-electron chi connectivity index (χ3n) is 3.40. The standard InChI is InChI=1S/C13H19N3S/c1-2-16(9-10-5-3-6-10)12-8-4-7-11(15-12)13(14)17/h4,7-8,10H,2-3,5-6,9H2,1H3,(H2,14,17). The topological polar surface area (TPSA) is 42.1 Å². The SMILES string of the molecule is CCN(CC1CCC1)c1cccc(C(N)=S)n1. The Bertz CT molecular complexity index is 401. The zero-order valence-electron chi connectivity index (χ0n) is 10.2. The predicted octanol–water partition coefficient (Wildman–Crippen LogP) is 2.34. The largest absolute Gasteiger partial charge is 0.388 e. The van der Waals surface area contributed by atoms with Crippen molar-refractivity contribution >= 4 is 23.0 Å². The van der Waals surface area contributed by atoms with Crippen LogP contribution in [0.4, 0.5) is 5.82 Å². The summed E-state index contributed by atoms with van der Waals surface area (Å²) in [6.45, 7) is 4.24. The number of anilines is 1. The minimum Gasteiger partial charge on any atom is -0.388 e. The molecule has 1 saturated carbocycles. The number of rotatable bonds is 5. The molecule has 1 aromatic heterocycles. The van der Waals surface area contributed by atoms with Crippen molar-refractivity contribution < 1.29 is 0 Å². The average molecular weight is 249 g/mol. The molecule has 0 atom stereocenters. The fourth-order valence-electron chi connectivity index (χ4n) is 2.11. The van der Waals surface area contributed by atoms with E-state index in [1.165, 1.54) is 19.3 Å². The number of aromatic nitrogens is 1. The highest BCUT2D eigenvalue weighted by Gasteiger charge is 2.20. The van der Waals surface area contributed by atoms with Crippen LogP contribution in [0.3, 0.4) is 0 Å². The first-order valence-electron chi connectivity index (χ1n) is 6.22. The van der Waals surface area contributed by atoms with Crippen LogP contribution in [0.5, 0.6) is 0 Å². The summed E-state index contributed by atoms with van der Waals surface area (Å²) in [5, 5.41) is 0. The summed E-state index contributed by atoms with van der Waals surface area (Å²) in [6.07, 6.45) is 4.08. The summed E-state index contributed by atoms with van der Waals surface area (Å²) in [4.78, 5) is 7.19. The Balaban J connectivity index is 2.11. The van der Waals surface area contributed by atoms with E-state index in [4.69, 9.17) is 18.0 Å². The van der Waals surface area contributed by atoms with Gasteiger partial charge in [0, 0.05) is 13.1 Å². The second kappa shape index (κ2) is 5.45. The predicted molar refractivity (Wildman–Crippen MR) is 75.4 cm³/mol. The summed E-state index contributed by atoms with van der Waals surface area (Å²) < 4.78 is 0. The molecule has 0 aliphatic heterocycles. The highest BCUT2D eigenvalue weighted by atomic mass is 32.1. The number of hydrogen-bond donors (Lipinski definition) is 1. The van der Waals surface area contributed by atoms with Crippen LogP contribution in [0.15, 0.2) is 18.2 Å². The Hall–Kier alpha value is -1.16. The molecule has 0 aromatic carbocycles. The summed E-state index contributed by atoms with van der Waals surface area (Å²) in [5.74, 6) is 1.83. The molecule has 0 amide bonds. The molecule has 92 valence electrons. The smallest absolute Gasteiger partial charge is 0.129 e. The third kappa shape index (κ3) is 2.94. The Kier molecular flexibility index (Phi) is 3.94. The molecular formula is C13H19N3S. The molecule has 1 aromatic rings. The molecule has 0 radical (unpaired) electrons. The third-order valence-corrected chi connectivity index (χ3v) is 3.61. The van der Waals surface area contributed by atoms with E-state index in [9.17, 15) is 0 Å². The van der Waals surface area contributed by atoms with Gasteiger partial charge in [0.15, 0.2) is 0 Å². The molecule has 17 heavy (non-hydrogen) atoms. The first-order chi connectivity index (χ1) is 8.20. The molecule has 1 aliphatic carbocycles. The van der Waals surface area contributed by atoms with Crippen LogP contribution in [-0.2, 0) is 0 Å². The molecule has 4 heteroatoms. The van der Waals surface area contributed by atoms with Gasteiger partial charge in [0.1, 0.15) is 10.8 Å². The van der Waals surface area contributed by atoms with Crippen LogP contribution in [0.2, 0.25) is 0 Å². The van der Waals surface area contributed by atoms with Crippen molar-refractivity contribution in [2.75, 3.05) is 18.0 Å². The Morgan fingerprint density at radius 3 is 2.82 bits per heavy atom. The Morgan fingerprint density at radius 1 is 1.53 bits per heavy atom. The summed E-state index contributed by atoms with van der Waals surface area (Å²) in [5.41, 5.74) is 6.33. The number of pyridine rings is 1. The second-order valence-corrected chi connectivity index (χ2v) is 5.02. The van der Waals surface area contributed by atoms with E-state index in [1.807, 2.05) is 18.2 Å². The van der Waals surface area contributed by atoms with Crippen LogP contribution in [0, 0.1) is 5.92 Å². The molecular weight excluding hydrogens is 230 g/mol. The van der Waals surface area contributed by atoms with Gasteiger partial charge >= 0.3 is 0 Å². The molecule has 0 bridgehead atoms. The molecule has 1 heterocycles. The minimum absolute atomic E-state index is 0.367. The number of hydrogen-bond acceptors (Lipinski definition) is 3. The average Bonchev–Trinajstić information content (AvgIpc) is 2.28. The maximum atomic E-state index is 5.61. The van der Waals surface area contributed by atoms with Gasteiger partial charge in [-0.2, -0.15) is 0 Å². The van der Waals surface area contributed by atoms with Crippen LogP contribution in [0.1, 0.15) is 31.9 Å². The lowest BCUT2D eigenvalue weighted by atomic mass is 9.85. The zero-order valence-corrected chi connectivity index (χ0v) is 11.0. The van der Waals surface area contributed by atoms with Gasteiger partial charge in [-0.05, 0) is 37.8 Å². The Morgan fingerprint density at radius 2 is 2.29 bits per heavy atom. The van der Waals surface area contributed by atoms with Gasteiger partial charge in [0.05, 0.1) is 5.69 Å². The minimum atomic E-state index is 0.367. The molecule has 0 saturated heterocycles. The lowest BCUT2D eigenvalue weighted by molar-refractivity contribution is 0.318. The van der Waals surface area contributed by atoms with Gasteiger partial charge in [0.25, 0.3) is 0 Å². The van der Waals surface area contributed by atoms with E-state index < -0.39 is 0 Å². The van der Waals surface area contributed by atoms with E-state index in [0.717, 1.165) is 24.8 Å². The van der Waals surface area contributed by atoms with Gasteiger partial charge in [-0.3, -0.25) is 0 Å². The van der Waals surface area contributed by atoms with Crippen LogP contribution >= 0.6 is 12.2 Å². The molecule has 2 N–H and O–H groups in total. The lowest BCUT2D eigenvalue weighted by Crippen LogP contribution is -2.33. The van der Waals surface area contributed by atoms with Crippen molar-refractivity contribution in [2.45, 2.75) is 26.2 Å². The van der Waals surface area contributed by atoms with E-state index in [0.29, 0.717) is 10.7 Å². The van der Waals surface area contributed by atoms with Crippen molar-refractivity contribution in [2.24, 2.45) is 11.7 Å². The van der Waals surface area contributed by atoms with Crippen molar-refractivity contribution in [1.82, 2.24) is 4.98 Å². The van der Waals surface area contributed by atoms with Crippen molar-refractivity contribution in [3.8, 4) is 0 Å². The molecule has 1 aliphatic rings. The van der Waals surface area contributed by atoms with Crippen molar-refractivity contribution in [3.05, 3.63) is 23.9 Å². The van der Waals surface area contributed by atoms with E-state index >= 15 is 0 Å². The normalized spacial score (nSPS) is 15.4. The van der Waals surface area contributed by atoms with Gasteiger partial charge in [-0.25, -0.2) is 4.98 Å². The van der Waals surface area contributed by atoms with E-state index in [-0.39, 0.29) is 0 Å². The fraction of sp³-hybridized carbons (Fsp3) is 0.538. The molecule has 1 fully saturated rings. The quantitative estimate of drug-likeness (QED) is 0.813. The number of nitrogens with zero attached hydrogens (tertiary/aromatic N) is 2. The monoisotopic (exact) mass is 249 g/mol. The first-order valence-corrected chi connectivity index (χ1v) is 6.63. The van der Waals surface area contributed by atoms with Crippen LogP contribution in [0.25, 0.3) is 0 Å². The number of thiocarbonyl (C=S) groups is 1.